The summed E-state index contributed by atoms with van der Waals surface area (Å²) in [5.74, 6) is -0.223. The second-order valence-corrected chi connectivity index (χ2v) is 5.32. The fraction of sp³-hybridized carbons (Fsp3) is 0.533. The molecule has 0 saturated carbocycles. The van der Waals surface area contributed by atoms with E-state index >= 15 is 0 Å². The van der Waals surface area contributed by atoms with Crippen LogP contribution in [0.1, 0.15) is 56.5 Å². The van der Waals surface area contributed by atoms with Crippen LogP contribution in [-0.4, -0.2) is 12.6 Å². The van der Waals surface area contributed by atoms with Gasteiger partial charge in [-0.1, -0.05) is 46.2 Å². The van der Waals surface area contributed by atoms with E-state index in [1.165, 1.54) is 5.56 Å². The van der Waals surface area contributed by atoms with Crippen molar-refractivity contribution in [3.05, 3.63) is 35.4 Å². The van der Waals surface area contributed by atoms with E-state index < -0.39 is 0 Å². The molecule has 17 heavy (non-hydrogen) atoms. The summed E-state index contributed by atoms with van der Waals surface area (Å²) in [6, 6.07) is 7.68. The smallest absolute Gasteiger partial charge is 0.338 e. The number of hydrogen-bond acceptors (Lipinski definition) is 2. The first-order valence-corrected chi connectivity index (χ1v) is 6.23. The Morgan fingerprint density at radius 1 is 1.18 bits per heavy atom. The highest BCUT2D eigenvalue weighted by Crippen LogP contribution is 2.22. The van der Waals surface area contributed by atoms with Crippen LogP contribution in [0.5, 0.6) is 0 Å². The Hall–Kier alpha value is -1.31. The number of carbonyl (C=O) groups is 1. The lowest BCUT2D eigenvalue weighted by Gasteiger charge is -2.18. The summed E-state index contributed by atoms with van der Waals surface area (Å²) >= 11 is 0. The first-order valence-electron chi connectivity index (χ1n) is 6.23. The molecule has 2 nitrogen and oxygen atoms in total. The summed E-state index contributed by atoms with van der Waals surface area (Å²) in [4.78, 5) is 11.7. The molecule has 0 aliphatic heterocycles. The van der Waals surface area contributed by atoms with Gasteiger partial charge in [-0.2, -0.15) is 0 Å². The maximum Gasteiger partial charge on any atom is 0.338 e. The summed E-state index contributed by atoms with van der Waals surface area (Å²) in [7, 11) is 0. The molecule has 0 bridgehead atoms. The van der Waals surface area contributed by atoms with Crippen molar-refractivity contribution in [1.82, 2.24) is 0 Å². The zero-order chi connectivity index (χ0) is 12.9. The van der Waals surface area contributed by atoms with Crippen LogP contribution in [0.15, 0.2) is 24.3 Å². The molecule has 2 heteroatoms. The van der Waals surface area contributed by atoms with Crippen molar-refractivity contribution in [2.45, 2.75) is 46.0 Å². The van der Waals surface area contributed by atoms with E-state index in [-0.39, 0.29) is 11.4 Å². The highest BCUT2D eigenvalue weighted by molar-refractivity contribution is 5.89. The molecule has 0 heterocycles. The van der Waals surface area contributed by atoms with E-state index in [1.54, 1.807) is 0 Å². The van der Waals surface area contributed by atoms with Gasteiger partial charge in [0.15, 0.2) is 0 Å². The number of unbranched alkanes of at least 4 members (excludes halogenated alkanes) is 1. The van der Waals surface area contributed by atoms with E-state index in [2.05, 4.69) is 27.7 Å². The molecule has 0 aromatic heterocycles. The Morgan fingerprint density at radius 2 is 1.76 bits per heavy atom. The van der Waals surface area contributed by atoms with Crippen molar-refractivity contribution in [3.63, 3.8) is 0 Å². The van der Waals surface area contributed by atoms with Crippen LogP contribution in [-0.2, 0) is 10.2 Å². The predicted octanol–water partition coefficient (Wildman–Crippen LogP) is 3.94. The molecule has 0 unspecified atom stereocenters. The molecule has 0 N–H and O–H groups in total. The highest BCUT2D eigenvalue weighted by atomic mass is 16.5. The Labute approximate surface area is 104 Å². The molecule has 94 valence electrons. The molecule has 0 saturated heterocycles. The molecule has 1 aromatic carbocycles. The van der Waals surface area contributed by atoms with Gasteiger partial charge in [0.25, 0.3) is 0 Å². The van der Waals surface area contributed by atoms with Gasteiger partial charge in [0, 0.05) is 0 Å². The normalized spacial score (nSPS) is 11.3. The SMILES string of the molecule is CCCCOC(=O)c1ccc(C(C)(C)C)cc1. The Bertz CT molecular complexity index is 358. The number of ether oxygens (including phenoxy) is 1. The van der Waals surface area contributed by atoms with Crippen molar-refractivity contribution < 1.29 is 9.53 Å². The van der Waals surface area contributed by atoms with Gasteiger partial charge in [-0.15, -0.1) is 0 Å². The van der Waals surface area contributed by atoms with Crippen molar-refractivity contribution >= 4 is 5.97 Å². The van der Waals surface area contributed by atoms with Gasteiger partial charge in [-0.25, -0.2) is 4.79 Å². The molecule has 1 rings (SSSR count). The lowest BCUT2D eigenvalue weighted by molar-refractivity contribution is 0.0499. The van der Waals surface area contributed by atoms with E-state index in [9.17, 15) is 4.79 Å². The van der Waals surface area contributed by atoms with Crippen LogP contribution in [0.4, 0.5) is 0 Å². The molecule has 0 fully saturated rings. The van der Waals surface area contributed by atoms with Gasteiger partial charge in [0.1, 0.15) is 0 Å². The number of carbonyl (C=O) groups excluding carboxylic acids is 1. The molecule has 0 aliphatic rings. The van der Waals surface area contributed by atoms with Crippen molar-refractivity contribution in [2.24, 2.45) is 0 Å². The van der Waals surface area contributed by atoms with Crippen LogP contribution in [0, 0.1) is 0 Å². The van der Waals surface area contributed by atoms with Gasteiger partial charge in [0.2, 0.25) is 0 Å². The van der Waals surface area contributed by atoms with Crippen LogP contribution >= 0.6 is 0 Å². The fourth-order valence-electron chi connectivity index (χ4n) is 1.50. The third kappa shape index (κ3) is 4.22. The number of esters is 1. The van der Waals surface area contributed by atoms with Crippen LogP contribution in [0.25, 0.3) is 0 Å². The molecular weight excluding hydrogens is 212 g/mol. The van der Waals surface area contributed by atoms with Crippen LogP contribution < -0.4 is 0 Å². The Balaban J connectivity index is 2.64. The average Bonchev–Trinajstić information content (AvgIpc) is 2.28. The minimum atomic E-state index is -0.223. The zero-order valence-corrected chi connectivity index (χ0v) is 11.2. The lowest BCUT2D eigenvalue weighted by Crippen LogP contribution is -2.12. The van der Waals surface area contributed by atoms with Gasteiger partial charge in [-0.3, -0.25) is 0 Å². The van der Waals surface area contributed by atoms with Crippen molar-refractivity contribution in [1.29, 1.82) is 0 Å². The van der Waals surface area contributed by atoms with Crippen LogP contribution in [0.2, 0.25) is 0 Å². The summed E-state index contributed by atoms with van der Waals surface area (Å²) in [5, 5.41) is 0. The van der Waals surface area contributed by atoms with E-state index in [4.69, 9.17) is 4.74 Å². The zero-order valence-electron chi connectivity index (χ0n) is 11.2. The Morgan fingerprint density at radius 3 is 2.24 bits per heavy atom. The van der Waals surface area contributed by atoms with E-state index in [0.29, 0.717) is 12.2 Å². The highest BCUT2D eigenvalue weighted by Gasteiger charge is 2.14. The molecule has 1 aromatic rings. The third-order valence-electron chi connectivity index (χ3n) is 2.72. The molecule has 0 amide bonds. The lowest BCUT2D eigenvalue weighted by atomic mass is 9.87. The largest absolute Gasteiger partial charge is 0.462 e. The topological polar surface area (TPSA) is 26.3 Å². The van der Waals surface area contributed by atoms with Crippen LogP contribution in [0.3, 0.4) is 0 Å². The predicted molar refractivity (Wildman–Crippen MR) is 70.3 cm³/mol. The first kappa shape index (κ1) is 13.8. The first-order chi connectivity index (χ1) is 7.95. The van der Waals surface area contributed by atoms with Gasteiger partial charge < -0.3 is 4.74 Å². The molecule has 0 atom stereocenters. The molecular formula is C15H22O2. The summed E-state index contributed by atoms with van der Waals surface area (Å²) in [5.41, 5.74) is 1.97. The summed E-state index contributed by atoms with van der Waals surface area (Å²) in [6.45, 7) is 9.05. The third-order valence-corrected chi connectivity index (χ3v) is 2.72. The maximum atomic E-state index is 11.7. The second-order valence-electron chi connectivity index (χ2n) is 5.32. The van der Waals surface area contributed by atoms with E-state index in [0.717, 1.165) is 12.8 Å². The van der Waals surface area contributed by atoms with E-state index in [1.807, 2.05) is 24.3 Å². The quantitative estimate of drug-likeness (QED) is 0.582. The van der Waals surface area contributed by atoms with Gasteiger partial charge in [-0.05, 0) is 29.5 Å². The fourth-order valence-corrected chi connectivity index (χ4v) is 1.50. The molecule has 0 aliphatic carbocycles. The number of hydrogen-bond donors (Lipinski definition) is 0. The monoisotopic (exact) mass is 234 g/mol. The average molecular weight is 234 g/mol. The van der Waals surface area contributed by atoms with Crippen molar-refractivity contribution in [3.8, 4) is 0 Å². The Kier molecular flexibility index (Phi) is 4.73. The van der Waals surface area contributed by atoms with Gasteiger partial charge in [0.05, 0.1) is 12.2 Å². The summed E-state index contributed by atoms with van der Waals surface area (Å²) in [6.07, 6.45) is 1.96. The van der Waals surface area contributed by atoms with Gasteiger partial charge >= 0.3 is 5.97 Å². The number of rotatable bonds is 4. The minimum Gasteiger partial charge on any atom is -0.462 e. The minimum absolute atomic E-state index is 0.116. The van der Waals surface area contributed by atoms with Crippen molar-refractivity contribution in [2.75, 3.05) is 6.61 Å². The molecule has 0 radical (unpaired) electrons. The number of benzene rings is 1. The standard InChI is InChI=1S/C15H22O2/c1-5-6-11-17-14(16)12-7-9-13(10-8-12)15(2,3)4/h7-10H,5-6,11H2,1-4H3. The maximum absolute atomic E-state index is 11.7. The molecule has 0 spiro atoms. The summed E-state index contributed by atoms with van der Waals surface area (Å²) < 4.78 is 5.16. The second kappa shape index (κ2) is 5.85.